The second-order valence-corrected chi connectivity index (χ2v) is 6.04. The van der Waals surface area contributed by atoms with E-state index >= 15 is 0 Å². The van der Waals surface area contributed by atoms with Gasteiger partial charge in [-0.25, -0.2) is 4.79 Å². The number of halogens is 1. The Balaban J connectivity index is 1.96. The Bertz CT molecular complexity index is 1010. The average molecular weight is 373 g/mol. The van der Waals surface area contributed by atoms with Crippen molar-refractivity contribution in [2.24, 2.45) is 0 Å². The number of fused-ring (bicyclic) bond motifs is 1. The van der Waals surface area contributed by atoms with E-state index in [1.807, 2.05) is 0 Å². The third-order valence-corrected chi connectivity index (χ3v) is 4.17. The summed E-state index contributed by atoms with van der Waals surface area (Å²) in [6, 6.07) is 11.9. The summed E-state index contributed by atoms with van der Waals surface area (Å²) >= 11 is 6.18. The lowest BCUT2D eigenvalue weighted by Crippen LogP contribution is -2.26. The lowest BCUT2D eigenvalue weighted by molar-refractivity contribution is -0.150. The van der Waals surface area contributed by atoms with Gasteiger partial charge in [0, 0.05) is 16.7 Å². The number of hydrogen-bond acceptors (Lipinski definition) is 5. The predicted octanol–water partition coefficient (Wildman–Crippen LogP) is 4.44. The van der Waals surface area contributed by atoms with E-state index in [4.69, 9.17) is 25.5 Å². The molecule has 26 heavy (non-hydrogen) atoms. The molecule has 0 aliphatic rings. The summed E-state index contributed by atoms with van der Waals surface area (Å²) in [6.07, 6.45) is 0.617. The third-order valence-electron chi connectivity index (χ3n) is 3.84. The topological polar surface area (TPSA) is 65.7 Å². The van der Waals surface area contributed by atoms with Crippen LogP contribution in [-0.4, -0.2) is 18.7 Å². The second-order valence-electron chi connectivity index (χ2n) is 5.63. The van der Waals surface area contributed by atoms with Gasteiger partial charge in [0.25, 0.3) is 0 Å². The summed E-state index contributed by atoms with van der Waals surface area (Å²) in [7, 11) is 0. The molecule has 0 fully saturated rings. The van der Waals surface area contributed by atoms with Crippen LogP contribution in [0.15, 0.2) is 57.9 Å². The minimum absolute atomic E-state index is 0.190. The van der Waals surface area contributed by atoms with Crippen LogP contribution in [0.4, 0.5) is 0 Å². The number of esters is 1. The molecule has 134 valence electrons. The van der Waals surface area contributed by atoms with Crippen molar-refractivity contribution in [3.05, 3.63) is 64.0 Å². The molecule has 0 aliphatic carbocycles. The Morgan fingerprint density at radius 2 is 1.96 bits per heavy atom. The number of ether oxygens (including phenoxy) is 2. The molecule has 0 aliphatic heterocycles. The molecule has 3 aromatic rings. The van der Waals surface area contributed by atoms with Crippen molar-refractivity contribution in [2.75, 3.05) is 6.61 Å². The summed E-state index contributed by atoms with van der Waals surface area (Å²) < 4.78 is 16.1. The van der Waals surface area contributed by atoms with Gasteiger partial charge in [0.2, 0.25) is 5.43 Å². The summed E-state index contributed by atoms with van der Waals surface area (Å²) in [5.41, 5.74) is 1.17. The van der Waals surface area contributed by atoms with Crippen LogP contribution in [0.3, 0.4) is 0 Å². The molecule has 0 saturated heterocycles. The van der Waals surface area contributed by atoms with Crippen molar-refractivity contribution in [3.63, 3.8) is 0 Å². The van der Waals surface area contributed by atoms with Crippen molar-refractivity contribution < 1.29 is 18.7 Å². The fourth-order valence-electron chi connectivity index (χ4n) is 2.56. The molecule has 1 atom stereocenters. The first-order valence-corrected chi connectivity index (χ1v) is 8.52. The zero-order chi connectivity index (χ0) is 18.7. The zero-order valence-electron chi connectivity index (χ0n) is 14.3. The largest absolute Gasteiger partial charge is 0.479 e. The molecule has 1 heterocycles. The standard InChI is InChI=1S/C20H17ClO5/c1-3-24-20(23)12(2)26-13-8-9-15-18(10-13)25-11-16(19(15)22)14-6-4-5-7-17(14)21/h4-12H,3H2,1-2H3/t12-/m1/s1. The number of benzene rings is 2. The van der Waals surface area contributed by atoms with E-state index in [1.165, 1.54) is 6.26 Å². The van der Waals surface area contributed by atoms with Crippen LogP contribution in [0.5, 0.6) is 5.75 Å². The Morgan fingerprint density at radius 3 is 2.69 bits per heavy atom. The summed E-state index contributed by atoms with van der Waals surface area (Å²) in [4.78, 5) is 24.4. The molecule has 6 heteroatoms. The summed E-state index contributed by atoms with van der Waals surface area (Å²) in [6.45, 7) is 3.61. The third kappa shape index (κ3) is 3.58. The summed E-state index contributed by atoms with van der Waals surface area (Å²) in [5.74, 6) is -0.0465. The van der Waals surface area contributed by atoms with E-state index in [9.17, 15) is 9.59 Å². The molecular formula is C20H17ClO5. The molecule has 0 radical (unpaired) electrons. The molecule has 0 amide bonds. The van der Waals surface area contributed by atoms with Gasteiger partial charge in [-0.05, 0) is 32.0 Å². The van der Waals surface area contributed by atoms with Crippen molar-refractivity contribution in [3.8, 4) is 16.9 Å². The molecule has 1 aromatic heterocycles. The number of rotatable bonds is 5. The maximum atomic E-state index is 12.8. The lowest BCUT2D eigenvalue weighted by Gasteiger charge is -2.13. The van der Waals surface area contributed by atoms with E-state index in [0.29, 0.717) is 32.9 Å². The van der Waals surface area contributed by atoms with E-state index in [1.54, 1.807) is 56.3 Å². The van der Waals surface area contributed by atoms with Crippen molar-refractivity contribution in [2.45, 2.75) is 20.0 Å². The molecule has 0 spiro atoms. The van der Waals surface area contributed by atoms with Gasteiger partial charge in [0.15, 0.2) is 6.10 Å². The maximum absolute atomic E-state index is 12.8. The highest BCUT2D eigenvalue weighted by atomic mass is 35.5. The van der Waals surface area contributed by atoms with Crippen molar-refractivity contribution >= 4 is 28.5 Å². The second kappa shape index (κ2) is 7.62. The molecule has 0 N–H and O–H groups in total. The van der Waals surface area contributed by atoms with Gasteiger partial charge in [0.05, 0.1) is 17.6 Å². The minimum Gasteiger partial charge on any atom is -0.479 e. The van der Waals surface area contributed by atoms with Crippen LogP contribution in [0, 0.1) is 0 Å². The highest BCUT2D eigenvalue weighted by molar-refractivity contribution is 6.33. The quantitative estimate of drug-likeness (QED) is 0.619. The van der Waals surface area contributed by atoms with Gasteiger partial charge in [0.1, 0.15) is 17.6 Å². The first-order chi connectivity index (χ1) is 12.5. The number of carbonyl (C=O) groups excluding carboxylic acids is 1. The first kappa shape index (κ1) is 18.0. The van der Waals surface area contributed by atoms with E-state index in [-0.39, 0.29) is 12.0 Å². The van der Waals surface area contributed by atoms with Gasteiger partial charge >= 0.3 is 5.97 Å². The first-order valence-electron chi connectivity index (χ1n) is 8.15. The van der Waals surface area contributed by atoms with Gasteiger partial charge in [-0.15, -0.1) is 0 Å². The van der Waals surface area contributed by atoms with E-state index in [2.05, 4.69) is 0 Å². The lowest BCUT2D eigenvalue weighted by atomic mass is 10.1. The van der Waals surface area contributed by atoms with Crippen LogP contribution >= 0.6 is 11.6 Å². The predicted molar refractivity (Wildman–Crippen MR) is 99.7 cm³/mol. The van der Waals surface area contributed by atoms with Crippen LogP contribution in [0.25, 0.3) is 22.1 Å². The maximum Gasteiger partial charge on any atom is 0.347 e. The molecule has 0 unspecified atom stereocenters. The smallest absolute Gasteiger partial charge is 0.347 e. The molecule has 5 nitrogen and oxygen atoms in total. The van der Waals surface area contributed by atoms with Crippen LogP contribution in [-0.2, 0) is 9.53 Å². The van der Waals surface area contributed by atoms with Crippen LogP contribution < -0.4 is 10.2 Å². The fraction of sp³-hybridized carbons (Fsp3) is 0.200. The average Bonchev–Trinajstić information content (AvgIpc) is 2.63. The highest BCUT2D eigenvalue weighted by Crippen LogP contribution is 2.28. The Kier molecular flexibility index (Phi) is 5.28. The molecule has 2 aromatic carbocycles. The SMILES string of the molecule is CCOC(=O)[C@@H](C)Oc1ccc2c(=O)c(-c3ccccc3Cl)coc2c1. The van der Waals surface area contributed by atoms with Gasteiger partial charge in [-0.3, -0.25) is 4.79 Å². The number of carbonyl (C=O) groups is 1. The van der Waals surface area contributed by atoms with Gasteiger partial charge in [-0.1, -0.05) is 29.8 Å². The molecular weight excluding hydrogens is 356 g/mol. The van der Waals surface area contributed by atoms with Crippen LogP contribution in [0.2, 0.25) is 5.02 Å². The molecule has 0 saturated carbocycles. The Labute approximate surface area is 155 Å². The highest BCUT2D eigenvalue weighted by Gasteiger charge is 2.17. The Hall–Kier alpha value is -2.79. The van der Waals surface area contributed by atoms with Crippen molar-refractivity contribution in [1.29, 1.82) is 0 Å². The number of hydrogen-bond donors (Lipinski definition) is 0. The molecule has 0 bridgehead atoms. The van der Waals surface area contributed by atoms with Crippen molar-refractivity contribution in [1.82, 2.24) is 0 Å². The zero-order valence-corrected chi connectivity index (χ0v) is 15.1. The molecule has 3 rings (SSSR count). The summed E-state index contributed by atoms with van der Waals surface area (Å²) in [5, 5.41) is 0.876. The van der Waals surface area contributed by atoms with E-state index < -0.39 is 12.1 Å². The van der Waals surface area contributed by atoms with Gasteiger partial charge in [-0.2, -0.15) is 0 Å². The monoisotopic (exact) mass is 372 g/mol. The van der Waals surface area contributed by atoms with Gasteiger partial charge < -0.3 is 13.9 Å². The Morgan fingerprint density at radius 1 is 1.19 bits per heavy atom. The normalized spacial score (nSPS) is 12.0. The van der Waals surface area contributed by atoms with E-state index in [0.717, 1.165) is 0 Å². The fourth-order valence-corrected chi connectivity index (χ4v) is 2.80. The van der Waals surface area contributed by atoms with Crippen LogP contribution in [0.1, 0.15) is 13.8 Å². The minimum atomic E-state index is -0.762.